The smallest absolute Gasteiger partial charge is 0.338 e. The number of carbonyl (C=O) groups is 2. The van der Waals surface area contributed by atoms with Crippen molar-refractivity contribution < 1.29 is 23.6 Å². The molecule has 156 valence electrons. The second-order valence-corrected chi connectivity index (χ2v) is 7.08. The Kier molecular flexibility index (Phi) is 6.67. The molecule has 0 fully saturated rings. The van der Waals surface area contributed by atoms with Crippen molar-refractivity contribution >= 4 is 11.8 Å². The molecule has 0 aliphatic heterocycles. The number of Topliss-reactive ketones (excluding diaryl/α,β-unsaturated/α-hetero) is 1. The van der Waals surface area contributed by atoms with Crippen LogP contribution in [0.4, 0.5) is 0 Å². The van der Waals surface area contributed by atoms with Crippen LogP contribution in [0.3, 0.4) is 0 Å². The maximum absolute atomic E-state index is 12.6. The largest absolute Gasteiger partial charge is 0.489 e. The Morgan fingerprint density at radius 2 is 1.80 bits per heavy atom. The molecule has 30 heavy (non-hydrogen) atoms. The number of hydrogen-bond acceptors (Lipinski definition) is 6. The van der Waals surface area contributed by atoms with E-state index in [1.54, 1.807) is 43.3 Å². The van der Waals surface area contributed by atoms with Gasteiger partial charge in [-0.3, -0.25) is 4.79 Å². The first-order valence-corrected chi connectivity index (χ1v) is 9.87. The monoisotopic (exact) mass is 407 g/mol. The van der Waals surface area contributed by atoms with E-state index in [0.717, 1.165) is 23.2 Å². The van der Waals surface area contributed by atoms with Crippen LogP contribution < -0.4 is 4.74 Å². The van der Waals surface area contributed by atoms with Crippen LogP contribution in [0.25, 0.3) is 0 Å². The summed E-state index contributed by atoms with van der Waals surface area (Å²) in [6.45, 7) is 7.57. The summed E-state index contributed by atoms with van der Waals surface area (Å²) in [7, 11) is 0. The number of carbonyl (C=O) groups excluding carboxylic acids is 2. The normalized spacial score (nSPS) is 11.7. The second kappa shape index (κ2) is 9.39. The van der Waals surface area contributed by atoms with E-state index in [4.69, 9.17) is 14.0 Å². The topological polar surface area (TPSA) is 78.6 Å². The highest BCUT2D eigenvalue weighted by molar-refractivity contribution is 6.01. The molecule has 0 spiro atoms. The average molecular weight is 407 g/mol. The van der Waals surface area contributed by atoms with Crippen molar-refractivity contribution in [3.8, 4) is 5.75 Å². The van der Waals surface area contributed by atoms with E-state index in [-0.39, 0.29) is 12.4 Å². The summed E-state index contributed by atoms with van der Waals surface area (Å²) in [5.74, 6) is 0.390. The zero-order chi connectivity index (χ0) is 21.7. The number of aryl methyl sites for hydroxylation is 3. The molecule has 0 radical (unpaired) electrons. The molecule has 6 heteroatoms. The van der Waals surface area contributed by atoms with Crippen LogP contribution in [0.2, 0.25) is 0 Å². The molecule has 0 saturated carbocycles. The number of esters is 1. The molecule has 0 aliphatic carbocycles. The van der Waals surface area contributed by atoms with Crippen LogP contribution in [-0.4, -0.2) is 23.0 Å². The van der Waals surface area contributed by atoms with Gasteiger partial charge < -0.3 is 14.0 Å². The molecule has 6 nitrogen and oxygen atoms in total. The lowest BCUT2D eigenvalue weighted by Crippen LogP contribution is -2.24. The molecule has 1 unspecified atom stereocenters. The van der Waals surface area contributed by atoms with Crippen LogP contribution in [0.1, 0.15) is 57.1 Å². The highest BCUT2D eigenvalue weighted by atomic mass is 16.5. The predicted molar refractivity (Wildman–Crippen MR) is 112 cm³/mol. The number of ether oxygens (including phenoxy) is 2. The van der Waals surface area contributed by atoms with E-state index < -0.39 is 12.1 Å². The van der Waals surface area contributed by atoms with Gasteiger partial charge in [0, 0.05) is 5.56 Å². The highest BCUT2D eigenvalue weighted by Gasteiger charge is 2.21. The quantitative estimate of drug-likeness (QED) is 0.392. The minimum absolute atomic E-state index is 0.239. The fraction of sp³-hybridized carbons (Fsp3) is 0.292. The molecule has 0 N–H and O–H groups in total. The first-order valence-electron chi connectivity index (χ1n) is 9.87. The summed E-state index contributed by atoms with van der Waals surface area (Å²) in [6.07, 6.45) is 0.00469. The molecule has 0 bridgehead atoms. The Bertz CT molecular complexity index is 1020. The van der Waals surface area contributed by atoms with Crippen LogP contribution in [0, 0.1) is 13.8 Å². The van der Waals surface area contributed by atoms with Crippen molar-refractivity contribution in [3.05, 3.63) is 82.2 Å². The number of benzene rings is 2. The van der Waals surface area contributed by atoms with E-state index in [1.807, 2.05) is 32.9 Å². The van der Waals surface area contributed by atoms with Gasteiger partial charge >= 0.3 is 5.97 Å². The minimum Gasteiger partial charge on any atom is -0.489 e. The number of ketones is 1. The number of nitrogens with zero attached hydrogens (tertiary/aromatic N) is 1. The van der Waals surface area contributed by atoms with Gasteiger partial charge in [0.05, 0.1) is 16.8 Å². The Morgan fingerprint density at radius 3 is 2.43 bits per heavy atom. The molecule has 1 aromatic heterocycles. The summed E-state index contributed by atoms with van der Waals surface area (Å²) in [5, 5.41) is 3.90. The van der Waals surface area contributed by atoms with Crippen molar-refractivity contribution in [2.24, 2.45) is 0 Å². The number of aromatic nitrogens is 1. The number of rotatable bonds is 8. The van der Waals surface area contributed by atoms with Crippen LogP contribution >= 0.6 is 0 Å². The van der Waals surface area contributed by atoms with E-state index >= 15 is 0 Å². The third kappa shape index (κ3) is 4.95. The van der Waals surface area contributed by atoms with E-state index in [1.165, 1.54) is 0 Å². The van der Waals surface area contributed by atoms with E-state index in [0.29, 0.717) is 22.6 Å². The average Bonchev–Trinajstić information content (AvgIpc) is 3.09. The summed E-state index contributed by atoms with van der Waals surface area (Å²) in [6, 6.07) is 14.0. The van der Waals surface area contributed by atoms with Gasteiger partial charge in [-0.25, -0.2) is 4.79 Å². The predicted octanol–water partition coefficient (Wildman–Crippen LogP) is 4.86. The van der Waals surface area contributed by atoms with Gasteiger partial charge in [-0.1, -0.05) is 42.4 Å². The minimum atomic E-state index is -0.892. The molecule has 1 atom stereocenters. The molecule has 0 amide bonds. The van der Waals surface area contributed by atoms with E-state index in [2.05, 4.69) is 5.16 Å². The summed E-state index contributed by atoms with van der Waals surface area (Å²) in [4.78, 5) is 25.1. The van der Waals surface area contributed by atoms with Gasteiger partial charge in [0.15, 0.2) is 6.10 Å². The van der Waals surface area contributed by atoms with Crippen molar-refractivity contribution in [1.82, 2.24) is 5.16 Å². The molecule has 3 aromatic rings. The molecule has 0 aliphatic rings. The SMILES string of the molecule is CCc1ccc(C(=O)C(C)OC(=O)c2cccc(OCc3c(C)noc3C)c2)cc1. The molecule has 0 saturated heterocycles. The van der Waals surface area contributed by atoms with Gasteiger partial charge in [-0.05, 0) is 51.0 Å². The highest BCUT2D eigenvalue weighted by Crippen LogP contribution is 2.19. The third-order valence-electron chi connectivity index (χ3n) is 4.93. The van der Waals surface area contributed by atoms with Crippen LogP contribution in [0.5, 0.6) is 5.75 Å². The van der Waals surface area contributed by atoms with Crippen molar-refractivity contribution in [1.29, 1.82) is 0 Å². The fourth-order valence-corrected chi connectivity index (χ4v) is 3.00. The van der Waals surface area contributed by atoms with Gasteiger partial charge in [-0.15, -0.1) is 0 Å². The second-order valence-electron chi connectivity index (χ2n) is 7.08. The van der Waals surface area contributed by atoms with Crippen LogP contribution in [-0.2, 0) is 17.8 Å². The lowest BCUT2D eigenvalue weighted by molar-refractivity contribution is 0.0318. The first kappa shape index (κ1) is 21.3. The van der Waals surface area contributed by atoms with Crippen LogP contribution in [0.15, 0.2) is 53.1 Å². The van der Waals surface area contributed by atoms with Gasteiger partial charge in [0.25, 0.3) is 0 Å². The Morgan fingerprint density at radius 1 is 1.07 bits per heavy atom. The maximum Gasteiger partial charge on any atom is 0.338 e. The zero-order valence-corrected chi connectivity index (χ0v) is 17.6. The summed E-state index contributed by atoms with van der Waals surface area (Å²) >= 11 is 0. The van der Waals surface area contributed by atoms with Crippen molar-refractivity contribution in [2.75, 3.05) is 0 Å². The Labute approximate surface area is 175 Å². The zero-order valence-electron chi connectivity index (χ0n) is 17.6. The first-order chi connectivity index (χ1) is 14.4. The molecular weight excluding hydrogens is 382 g/mol. The molecular formula is C24H25NO5. The molecule has 2 aromatic carbocycles. The molecule has 1 heterocycles. The van der Waals surface area contributed by atoms with Gasteiger partial charge in [0.2, 0.25) is 5.78 Å². The maximum atomic E-state index is 12.6. The van der Waals surface area contributed by atoms with Gasteiger partial charge in [0.1, 0.15) is 18.1 Å². The Hall–Kier alpha value is -3.41. The van der Waals surface area contributed by atoms with Crippen molar-refractivity contribution in [2.45, 2.75) is 46.8 Å². The Balaban J connectivity index is 1.63. The standard InChI is InChI=1S/C24H25NO5/c1-5-18-9-11-19(12-10-18)23(26)17(4)29-24(27)20-7-6-8-21(13-20)28-14-22-15(2)25-30-16(22)3/h6-13,17H,5,14H2,1-4H3. The lowest BCUT2D eigenvalue weighted by atomic mass is 10.0. The molecule has 3 rings (SSSR count). The lowest BCUT2D eigenvalue weighted by Gasteiger charge is -2.13. The fourth-order valence-electron chi connectivity index (χ4n) is 3.00. The number of hydrogen-bond donors (Lipinski definition) is 0. The summed E-state index contributed by atoms with van der Waals surface area (Å²) in [5.41, 5.74) is 3.61. The third-order valence-corrected chi connectivity index (χ3v) is 4.93. The summed E-state index contributed by atoms with van der Waals surface area (Å²) < 4.78 is 16.3. The van der Waals surface area contributed by atoms with Gasteiger partial charge in [-0.2, -0.15) is 0 Å². The van der Waals surface area contributed by atoms with E-state index in [9.17, 15) is 9.59 Å². The van der Waals surface area contributed by atoms with Crippen molar-refractivity contribution in [3.63, 3.8) is 0 Å².